The number of nitrogens with zero attached hydrogens (tertiary/aromatic N) is 1. The van der Waals surface area contributed by atoms with Crippen molar-refractivity contribution in [2.45, 2.75) is 6.54 Å². The molecule has 26 heavy (non-hydrogen) atoms. The van der Waals surface area contributed by atoms with Crippen LogP contribution in [0.3, 0.4) is 0 Å². The molecule has 0 aliphatic rings. The zero-order chi connectivity index (χ0) is 18.5. The Bertz CT molecular complexity index is 941. The molecule has 0 atom stereocenters. The fourth-order valence-electron chi connectivity index (χ4n) is 2.35. The first-order valence-corrected chi connectivity index (χ1v) is 8.02. The molecule has 0 saturated heterocycles. The molecule has 0 fully saturated rings. The largest absolute Gasteiger partial charge is 0.467 e. The molecule has 1 amide bonds. The summed E-state index contributed by atoms with van der Waals surface area (Å²) in [6, 6.07) is 14.2. The number of rotatable bonds is 6. The van der Waals surface area contributed by atoms with Gasteiger partial charge in [-0.25, -0.2) is 0 Å². The third-order valence-corrected chi connectivity index (χ3v) is 3.81. The van der Waals surface area contributed by atoms with Gasteiger partial charge in [-0.05, 0) is 36.4 Å². The van der Waals surface area contributed by atoms with Crippen LogP contribution in [0.15, 0.2) is 65.3 Å². The fraction of sp³-hybridized carbons (Fsp3) is 0.0556. The lowest BCUT2D eigenvalue weighted by molar-refractivity contribution is -0.384. The molecule has 0 aliphatic carbocycles. The standard InChI is InChI=1S/C18H14ClN3O4/c19-12-3-1-4-13(9-12)21-18(23)16-10-14(22(24)25)6-7-17(16)20-11-15-5-2-8-26-15/h1-10,20H,11H2,(H,21,23). The molecule has 0 radical (unpaired) electrons. The summed E-state index contributed by atoms with van der Waals surface area (Å²) in [4.78, 5) is 23.1. The Balaban J connectivity index is 1.87. The SMILES string of the molecule is O=C(Nc1cccc(Cl)c1)c1cc([N+](=O)[O-])ccc1NCc1ccco1. The molecule has 132 valence electrons. The number of nitrogens with one attached hydrogen (secondary N) is 2. The van der Waals surface area contributed by atoms with Crippen molar-refractivity contribution >= 4 is 34.6 Å². The van der Waals surface area contributed by atoms with E-state index in [9.17, 15) is 14.9 Å². The molecule has 1 aromatic heterocycles. The van der Waals surface area contributed by atoms with Crippen molar-refractivity contribution < 1.29 is 14.1 Å². The van der Waals surface area contributed by atoms with Gasteiger partial charge in [0.25, 0.3) is 11.6 Å². The summed E-state index contributed by atoms with van der Waals surface area (Å²) in [6.07, 6.45) is 1.54. The lowest BCUT2D eigenvalue weighted by atomic mass is 10.1. The maximum absolute atomic E-state index is 12.6. The number of halogens is 1. The van der Waals surface area contributed by atoms with Crippen molar-refractivity contribution in [1.82, 2.24) is 0 Å². The van der Waals surface area contributed by atoms with Gasteiger partial charge in [0.05, 0.1) is 23.3 Å². The summed E-state index contributed by atoms with van der Waals surface area (Å²) in [5, 5.41) is 17.3. The van der Waals surface area contributed by atoms with E-state index in [2.05, 4.69) is 10.6 Å². The average Bonchev–Trinajstić information content (AvgIpc) is 3.13. The molecule has 7 nitrogen and oxygen atoms in total. The molecule has 8 heteroatoms. The number of non-ortho nitro benzene ring substituents is 1. The average molecular weight is 372 g/mol. The molecule has 0 spiro atoms. The zero-order valence-electron chi connectivity index (χ0n) is 13.4. The highest BCUT2D eigenvalue weighted by Crippen LogP contribution is 2.24. The molecule has 1 heterocycles. The van der Waals surface area contributed by atoms with E-state index >= 15 is 0 Å². The Hall–Kier alpha value is -3.32. The second-order valence-electron chi connectivity index (χ2n) is 5.38. The normalized spacial score (nSPS) is 10.3. The molecule has 2 aromatic carbocycles. The van der Waals surface area contributed by atoms with Gasteiger partial charge in [-0.1, -0.05) is 17.7 Å². The summed E-state index contributed by atoms with van der Waals surface area (Å²) in [5.74, 6) is 0.183. The van der Waals surface area contributed by atoms with Crippen molar-refractivity contribution in [3.8, 4) is 0 Å². The number of furan rings is 1. The first-order chi connectivity index (χ1) is 12.5. The van der Waals surface area contributed by atoms with Crippen molar-refractivity contribution in [1.29, 1.82) is 0 Å². The van der Waals surface area contributed by atoms with E-state index in [1.807, 2.05) is 0 Å². The van der Waals surface area contributed by atoms with Crippen LogP contribution < -0.4 is 10.6 Å². The highest BCUT2D eigenvalue weighted by atomic mass is 35.5. The molecule has 2 N–H and O–H groups in total. The van der Waals surface area contributed by atoms with Gasteiger partial charge in [0.2, 0.25) is 0 Å². The highest BCUT2D eigenvalue weighted by molar-refractivity contribution is 6.31. The van der Waals surface area contributed by atoms with Gasteiger partial charge in [-0.15, -0.1) is 0 Å². The molecule has 0 saturated carbocycles. The fourth-order valence-corrected chi connectivity index (χ4v) is 2.54. The van der Waals surface area contributed by atoms with Gasteiger partial charge in [0, 0.05) is 28.5 Å². The number of hydrogen-bond acceptors (Lipinski definition) is 5. The van der Waals surface area contributed by atoms with Gasteiger partial charge in [-0.2, -0.15) is 0 Å². The summed E-state index contributed by atoms with van der Waals surface area (Å²) in [7, 11) is 0. The van der Waals surface area contributed by atoms with Crippen molar-refractivity contribution in [2.24, 2.45) is 0 Å². The van der Waals surface area contributed by atoms with Crippen molar-refractivity contribution in [3.05, 3.63) is 87.3 Å². The molecule has 0 aliphatic heterocycles. The molecule has 0 unspecified atom stereocenters. The summed E-state index contributed by atoms with van der Waals surface area (Å²) in [5.41, 5.74) is 0.910. The van der Waals surface area contributed by atoms with Crippen LogP contribution in [0.5, 0.6) is 0 Å². The lowest BCUT2D eigenvalue weighted by Gasteiger charge is -2.12. The van der Waals surface area contributed by atoms with Gasteiger partial charge < -0.3 is 15.1 Å². The van der Waals surface area contributed by atoms with Crippen LogP contribution in [0.2, 0.25) is 5.02 Å². The van der Waals surface area contributed by atoms with Crippen molar-refractivity contribution in [3.63, 3.8) is 0 Å². The van der Waals surface area contributed by atoms with E-state index < -0.39 is 10.8 Å². The van der Waals surface area contributed by atoms with Crippen LogP contribution in [-0.2, 0) is 6.54 Å². The maximum Gasteiger partial charge on any atom is 0.270 e. The number of benzene rings is 2. The molecular formula is C18H14ClN3O4. The molecule has 3 rings (SSSR count). The summed E-state index contributed by atoms with van der Waals surface area (Å²) in [6.45, 7) is 0.336. The molecule has 3 aromatic rings. The number of amides is 1. The van der Waals surface area contributed by atoms with Crippen LogP contribution >= 0.6 is 11.6 Å². The number of nitro groups is 1. The predicted octanol–water partition coefficient (Wildman–Crippen LogP) is 4.71. The maximum atomic E-state index is 12.6. The van der Waals surface area contributed by atoms with E-state index in [1.54, 1.807) is 42.7 Å². The lowest BCUT2D eigenvalue weighted by Crippen LogP contribution is -2.15. The van der Waals surface area contributed by atoms with Gasteiger partial charge >= 0.3 is 0 Å². The zero-order valence-corrected chi connectivity index (χ0v) is 14.2. The van der Waals surface area contributed by atoms with Crippen LogP contribution in [0.4, 0.5) is 17.1 Å². The third-order valence-electron chi connectivity index (χ3n) is 3.57. The van der Waals surface area contributed by atoms with Gasteiger partial charge in [-0.3, -0.25) is 14.9 Å². The Morgan fingerprint density at radius 3 is 2.69 bits per heavy atom. The van der Waals surface area contributed by atoms with E-state index in [4.69, 9.17) is 16.0 Å². The quantitative estimate of drug-likeness (QED) is 0.483. The number of nitro benzene ring substituents is 1. The van der Waals surface area contributed by atoms with E-state index in [0.29, 0.717) is 28.7 Å². The minimum Gasteiger partial charge on any atom is -0.467 e. The summed E-state index contributed by atoms with van der Waals surface area (Å²) < 4.78 is 5.24. The highest BCUT2D eigenvalue weighted by Gasteiger charge is 2.17. The molecule has 0 bridgehead atoms. The van der Waals surface area contributed by atoms with Crippen molar-refractivity contribution in [2.75, 3.05) is 10.6 Å². The van der Waals surface area contributed by atoms with E-state index in [0.717, 1.165) is 0 Å². The Labute approximate surface area is 153 Å². The van der Waals surface area contributed by atoms with Crippen LogP contribution in [0, 0.1) is 10.1 Å². The minimum absolute atomic E-state index is 0.144. The Morgan fingerprint density at radius 1 is 1.15 bits per heavy atom. The second kappa shape index (κ2) is 7.71. The second-order valence-corrected chi connectivity index (χ2v) is 5.82. The Morgan fingerprint density at radius 2 is 2.00 bits per heavy atom. The number of carbonyl (C=O) groups is 1. The smallest absolute Gasteiger partial charge is 0.270 e. The number of carbonyl (C=O) groups excluding carboxylic acids is 1. The predicted molar refractivity (Wildman–Crippen MR) is 98.5 cm³/mol. The third kappa shape index (κ3) is 4.20. The first-order valence-electron chi connectivity index (χ1n) is 7.64. The van der Waals surface area contributed by atoms with Gasteiger partial charge in [0.15, 0.2) is 0 Å². The topological polar surface area (TPSA) is 97.4 Å². The number of anilines is 2. The van der Waals surface area contributed by atoms with Crippen LogP contribution in [0.1, 0.15) is 16.1 Å². The first kappa shape index (κ1) is 17.5. The number of hydrogen-bond donors (Lipinski definition) is 2. The minimum atomic E-state index is -0.549. The van der Waals surface area contributed by atoms with Crippen LogP contribution in [0.25, 0.3) is 0 Å². The monoisotopic (exact) mass is 371 g/mol. The molecular weight excluding hydrogens is 358 g/mol. The Kier molecular flexibility index (Phi) is 5.19. The van der Waals surface area contributed by atoms with Gasteiger partial charge in [0.1, 0.15) is 5.76 Å². The summed E-state index contributed by atoms with van der Waals surface area (Å²) >= 11 is 5.92. The van der Waals surface area contributed by atoms with E-state index in [-0.39, 0.29) is 11.3 Å². The van der Waals surface area contributed by atoms with Crippen LogP contribution in [-0.4, -0.2) is 10.8 Å². The van der Waals surface area contributed by atoms with E-state index in [1.165, 1.54) is 18.2 Å².